The third-order valence-corrected chi connectivity index (χ3v) is 5.64. The van der Waals surface area contributed by atoms with Gasteiger partial charge in [0, 0.05) is 10.9 Å². The van der Waals surface area contributed by atoms with Gasteiger partial charge in [0.05, 0.1) is 17.5 Å². The average Bonchev–Trinajstić information content (AvgIpc) is 3.15. The number of rotatable bonds is 4. The van der Waals surface area contributed by atoms with Crippen LogP contribution in [0.3, 0.4) is 0 Å². The third kappa shape index (κ3) is 3.48. The lowest BCUT2D eigenvalue weighted by molar-refractivity contribution is -0.146. The average molecular weight is 378 g/mol. The minimum absolute atomic E-state index is 0.287. The molecule has 6 heteroatoms. The van der Waals surface area contributed by atoms with Crippen LogP contribution in [0.2, 0.25) is 0 Å². The topological polar surface area (TPSA) is 79.3 Å². The number of benzene rings is 2. The Morgan fingerprint density at radius 2 is 1.78 bits per heavy atom. The van der Waals surface area contributed by atoms with Crippen LogP contribution in [0.25, 0.3) is 22.0 Å². The van der Waals surface area contributed by atoms with E-state index in [0.29, 0.717) is 18.0 Å². The van der Waals surface area contributed by atoms with E-state index in [1.54, 1.807) is 0 Å². The second-order valence-corrected chi connectivity index (χ2v) is 7.41. The van der Waals surface area contributed by atoms with Crippen LogP contribution in [0.5, 0.6) is 0 Å². The van der Waals surface area contributed by atoms with Crippen molar-refractivity contribution >= 4 is 39.1 Å². The van der Waals surface area contributed by atoms with E-state index in [1.807, 2.05) is 47.9 Å². The van der Waals surface area contributed by atoms with Crippen LogP contribution in [-0.2, 0) is 9.59 Å². The number of amides is 1. The molecule has 1 heterocycles. The highest BCUT2D eigenvalue weighted by atomic mass is 32.1. The third-order valence-electron chi connectivity index (χ3n) is 4.89. The van der Waals surface area contributed by atoms with Gasteiger partial charge in [-0.15, -0.1) is 11.3 Å². The molecule has 1 aromatic heterocycles. The Balaban J connectivity index is 1.57. The van der Waals surface area contributed by atoms with E-state index >= 15 is 0 Å². The van der Waals surface area contributed by atoms with Gasteiger partial charge in [-0.1, -0.05) is 54.6 Å². The number of thiazole rings is 1. The van der Waals surface area contributed by atoms with Crippen LogP contribution in [0.15, 0.2) is 60.0 Å². The van der Waals surface area contributed by atoms with Gasteiger partial charge in [-0.05, 0) is 23.6 Å². The number of aromatic nitrogens is 1. The molecular formula is C21H18N2O3S. The summed E-state index contributed by atoms with van der Waals surface area (Å²) in [4.78, 5) is 28.6. The summed E-state index contributed by atoms with van der Waals surface area (Å²) < 4.78 is 0. The van der Waals surface area contributed by atoms with Crippen molar-refractivity contribution in [1.82, 2.24) is 4.98 Å². The van der Waals surface area contributed by atoms with Crippen LogP contribution in [0, 0.1) is 11.8 Å². The van der Waals surface area contributed by atoms with Crippen molar-refractivity contribution in [2.45, 2.75) is 12.8 Å². The molecule has 0 radical (unpaired) electrons. The minimum atomic E-state index is -0.935. The number of nitrogens with one attached hydrogen (secondary N) is 1. The minimum Gasteiger partial charge on any atom is -0.481 e. The van der Waals surface area contributed by atoms with Crippen molar-refractivity contribution in [2.24, 2.45) is 11.8 Å². The van der Waals surface area contributed by atoms with Gasteiger partial charge in [0.15, 0.2) is 5.13 Å². The fourth-order valence-electron chi connectivity index (χ4n) is 3.48. The fourth-order valence-corrected chi connectivity index (χ4v) is 4.19. The van der Waals surface area contributed by atoms with Crippen molar-refractivity contribution in [3.05, 3.63) is 60.0 Å². The van der Waals surface area contributed by atoms with Crippen molar-refractivity contribution in [2.75, 3.05) is 5.32 Å². The first-order valence-corrected chi connectivity index (χ1v) is 9.64. The summed E-state index contributed by atoms with van der Waals surface area (Å²) in [5.41, 5.74) is 1.80. The van der Waals surface area contributed by atoms with Crippen LogP contribution >= 0.6 is 11.3 Å². The lowest BCUT2D eigenvalue weighted by Gasteiger charge is -2.23. The number of carboxylic acids is 1. The Hall–Kier alpha value is -2.99. The molecule has 0 fully saturated rings. The molecule has 136 valence electrons. The molecule has 0 spiro atoms. The van der Waals surface area contributed by atoms with Crippen molar-refractivity contribution < 1.29 is 14.7 Å². The number of carbonyl (C=O) groups is 2. The predicted molar refractivity (Wildman–Crippen MR) is 107 cm³/mol. The maximum atomic E-state index is 12.6. The number of carboxylic acid groups (broad SMARTS) is 1. The Bertz CT molecular complexity index is 1040. The molecule has 0 saturated heterocycles. The number of fused-ring (bicyclic) bond motifs is 1. The molecule has 0 aliphatic heterocycles. The summed E-state index contributed by atoms with van der Waals surface area (Å²) >= 11 is 1.35. The van der Waals surface area contributed by atoms with Crippen molar-refractivity contribution in [3.8, 4) is 11.3 Å². The molecule has 2 N–H and O–H groups in total. The number of allylic oxidation sites excluding steroid dienone is 2. The van der Waals surface area contributed by atoms with E-state index < -0.39 is 17.8 Å². The Labute approximate surface area is 160 Å². The summed E-state index contributed by atoms with van der Waals surface area (Å²) in [5, 5.41) is 16.8. The van der Waals surface area contributed by atoms with Gasteiger partial charge in [0.1, 0.15) is 0 Å². The summed E-state index contributed by atoms with van der Waals surface area (Å²) in [6, 6.07) is 14.1. The molecular weight excluding hydrogens is 360 g/mol. The van der Waals surface area contributed by atoms with Crippen LogP contribution < -0.4 is 5.32 Å². The molecule has 2 aromatic carbocycles. The van der Waals surface area contributed by atoms with Gasteiger partial charge in [0.25, 0.3) is 0 Å². The molecule has 3 aromatic rings. The lowest BCUT2D eigenvalue weighted by atomic mass is 9.82. The quantitative estimate of drug-likeness (QED) is 0.652. The van der Waals surface area contributed by atoms with Gasteiger partial charge in [-0.25, -0.2) is 4.98 Å². The first kappa shape index (κ1) is 17.4. The van der Waals surface area contributed by atoms with Gasteiger partial charge >= 0.3 is 5.97 Å². The molecule has 1 aliphatic carbocycles. The summed E-state index contributed by atoms with van der Waals surface area (Å²) in [6.45, 7) is 0. The molecule has 1 amide bonds. The van der Waals surface area contributed by atoms with E-state index in [1.165, 1.54) is 11.3 Å². The van der Waals surface area contributed by atoms with E-state index in [9.17, 15) is 14.7 Å². The second-order valence-electron chi connectivity index (χ2n) is 6.55. The second kappa shape index (κ2) is 7.32. The van der Waals surface area contributed by atoms with Gasteiger partial charge in [-0.2, -0.15) is 0 Å². The van der Waals surface area contributed by atoms with Crippen molar-refractivity contribution in [3.63, 3.8) is 0 Å². The summed E-state index contributed by atoms with van der Waals surface area (Å²) in [6.07, 6.45) is 4.51. The smallest absolute Gasteiger partial charge is 0.307 e. The Kier molecular flexibility index (Phi) is 4.73. The first-order chi connectivity index (χ1) is 13.1. The molecule has 2 atom stereocenters. The Morgan fingerprint density at radius 3 is 2.59 bits per heavy atom. The number of nitrogens with zero attached hydrogens (tertiary/aromatic N) is 1. The number of carbonyl (C=O) groups excluding carboxylic acids is 1. The SMILES string of the molecule is O=C(O)[C@H]1CC=CC[C@H]1C(=O)Nc1nc(-c2cccc3ccccc23)cs1. The monoisotopic (exact) mass is 378 g/mol. The van der Waals surface area contributed by atoms with Crippen LogP contribution in [0.1, 0.15) is 12.8 Å². The van der Waals surface area contributed by atoms with E-state index in [0.717, 1.165) is 22.0 Å². The van der Waals surface area contributed by atoms with Crippen LogP contribution in [0.4, 0.5) is 5.13 Å². The molecule has 4 rings (SSSR count). The first-order valence-electron chi connectivity index (χ1n) is 8.76. The normalized spacial score (nSPS) is 19.1. The number of hydrogen-bond donors (Lipinski definition) is 2. The van der Waals surface area contributed by atoms with E-state index in [2.05, 4.69) is 22.4 Å². The highest BCUT2D eigenvalue weighted by molar-refractivity contribution is 7.14. The number of anilines is 1. The highest BCUT2D eigenvalue weighted by Gasteiger charge is 2.34. The predicted octanol–water partition coefficient (Wildman–Crippen LogP) is 4.57. The molecule has 0 saturated carbocycles. The molecule has 5 nitrogen and oxygen atoms in total. The van der Waals surface area contributed by atoms with E-state index in [4.69, 9.17) is 0 Å². The van der Waals surface area contributed by atoms with Gasteiger partial charge in [0.2, 0.25) is 5.91 Å². The molecule has 27 heavy (non-hydrogen) atoms. The maximum Gasteiger partial charge on any atom is 0.307 e. The van der Waals surface area contributed by atoms with E-state index in [-0.39, 0.29) is 5.91 Å². The lowest BCUT2D eigenvalue weighted by Crippen LogP contribution is -2.34. The highest BCUT2D eigenvalue weighted by Crippen LogP contribution is 2.32. The maximum absolute atomic E-state index is 12.6. The van der Waals surface area contributed by atoms with Crippen molar-refractivity contribution in [1.29, 1.82) is 0 Å². The summed E-state index contributed by atoms with van der Waals surface area (Å²) in [7, 11) is 0. The standard InChI is InChI=1S/C21H18N2O3S/c24-19(16-9-3-4-10-17(16)20(25)26)23-21-22-18(12-27-21)15-11-5-7-13-6-1-2-8-14(13)15/h1-8,11-12,16-17H,9-10H2,(H,25,26)(H,22,23,24)/t16-,17+/m1/s1. The molecule has 0 unspecified atom stereocenters. The summed E-state index contributed by atoms with van der Waals surface area (Å²) in [5.74, 6) is -2.48. The van der Waals surface area contributed by atoms with Gasteiger partial charge in [-0.3, -0.25) is 9.59 Å². The molecule has 0 bridgehead atoms. The largest absolute Gasteiger partial charge is 0.481 e. The zero-order valence-electron chi connectivity index (χ0n) is 14.5. The zero-order chi connectivity index (χ0) is 18.8. The van der Waals surface area contributed by atoms with Gasteiger partial charge < -0.3 is 10.4 Å². The Morgan fingerprint density at radius 1 is 1.04 bits per heavy atom. The fraction of sp³-hybridized carbons (Fsp3) is 0.190. The number of hydrogen-bond acceptors (Lipinski definition) is 4. The zero-order valence-corrected chi connectivity index (χ0v) is 15.3. The number of aliphatic carboxylic acids is 1. The van der Waals surface area contributed by atoms with Crippen LogP contribution in [-0.4, -0.2) is 22.0 Å². The molecule has 1 aliphatic rings.